The molecule has 1 aliphatic heterocycles. The number of rotatable bonds is 4. The zero-order chi connectivity index (χ0) is 14.0. The van der Waals surface area contributed by atoms with Crippen molar-refractivity contribution in [2.24, 2.45) is 0 Å². The van der Waals surface area contributed by atoms with Crippen molar-refractivity contribution in [2.45, 2.75) is 24.1 Å². The van der Waals surface area contributed by atoms with Crippen molar-refractivity contribution in [1.29, 1.82) is 0 Å². The number of phenolic OH excluding ortho intramolecular Hbond substituents is 1. The van der Waals surface area contributed by atoms with Crippen molar-refractivity contribution in [3.05, 3.63) is 29.8 Å². The van der Waals surface area contributed by atoms with Gasteiger partial charge in [-0.15, -0.1) is 0 Å². The molecule has 19 heavy (non-hydrogen) atoms. The zero-order valence-corrected chi connectivity index (χ0v) is 11.1. The Morgan fingerprint density at radius 2 is 2.26 bits per heavy atom. The van der Waals surface area contributed by atoms with E-state index in [0.717, 1.165) is 0 Å². The Kier molecular flexibility index (Phi) is 3.99. The van der Waals surface area contributed by atoms with E-state index in [2.05, 4.69) is 12.6 Å². The van der Waals surface area contributed by atoms with Crippen LogP contribution in [0, 0.1) is 0 Å². The van der Waals surface area contributed by atoms with Crippen LogP contribution in [0.15, 0.2) is 24.3 Å². The van der Waals surface area contributed by atoms with Gasteiger partial charge in [-0.2, -0.15) is 12.6 Å². The maximum absolute atomic E-state index is 11.8. The van der Waals surface area contributed by atoms with Gasteiger partial charge in [0.25, 0.3) is 0 Å². The summed E-state index contributed by atoms with van der Waals surface area (Å²) in [5.41, 5.74) is 0.683. The first-order valence-corrected chi connectivity index (χ1v) is 6.47. The Morgan fingerprint density at radius 1 is 1.53 bits per heavy atom. The van der Waals surface area contributed by atoms with Crippen LogP contribution in [-0.4, -0.2) is 44.8 Å². The van der Waals surface area contributed by atoms with Gasteiger partial charge in [-0.1, -0.05) is 12.1 Å². The van der Waals surface area contributed by atoms with Crippen LogP contribution in [0.3, 0.4) is 0 Å². The minimum Gasteiger partial charge on any atom is -0.508 e. The summed E-state index contributed by atoms with van der Waals surface area (Å²) in [5, 5.41) is 18.6. The number of carbonyl (C=O) groups is 2. The molecular weight excluding hydrogens is 266 g/mol. The fourth-order valence-corrected chi connectivity index (χ4v) is 2.58. The summed E-state index contributed by atoms with van der Waals surface area (Å²) in [6, 6.07) is 5.50. The largest absolute Gasteiger partial charge is 0.508 e. The molecule has 0 radical (unpaired) electrons. The number of hydrogen-bond acceptors (Lipinski definition) is 4. The minimum absolute atomic E-state index is 0.0847. The Hall–Kier alpha value is -1.69. The van der Waals surface area contributed by atoms with Crippen LogP contribution < -0.4 is 0 Å². The van der Waals surface area contributed by atoms with Crippen molar-refractivity contribution in [2.75, 3.05) is 6.54 Å². The van der Waals surface area contributed by atoms with Gasteiger partial charge in [0.2, 0.25) is 5.91 Å². The van der Waals surface area contributed by atoms with Gasteiger partial charge in [0, 0.05) is 24.6 Å². The Bertz CT molecular complexity index is 505. The second kappa shape index (κ2) is 5.52. The third-order valence-electron chi connectivity index (χ3n) is 3.14. The minimum atomic E-state index is -1.04. The van der Waals surface area contributed by atoms with Crippen molar-refractivity contribution >= 4 is 24.5 Å². The standard InChI is InChI=1S/C13H15NO4S/c15-9-3-1-2-8(4-9)5-11(13(17)18)14-7-10(19)6-12(14)16/h1-4,10-11,15,19H,5-7H2,(H,17,18). The molecule has 1 aromatic carbocycles. The lowest BCUT2D eigenvalue weighted by Gasteiger charge is -2.24. The third kappa shape index (κ3) is 3.20. The lowest BCUT2D eigenvalue weighted by atomic mass is 10.0. The van der Waals surface area contributed by atoms with Crippen molar-refractivity contribution < 1.29 is 19.8 Å². The van der Waals surface area contributed by atoms with Crippen LogP contribution in [0.1, 0.15) is 12.0 Å². The molecule has 1 amide bonds. The van der Waals surface area contributed by atoms with Gasteiger partial charge < -0.3 is 15.1 Å². The normalized spacial score (nSPS) is 20.6. The molecule has 0 aromatic heterocycles. The molecule has 102 valence electrons. The molecule has 1 heterocycles. The van der Waals surface area contributed by atoms with E-state index in [1.165, 1.54) is 17.0 Å². The maximum Gasteiger partial charge on any atom is 0.326 e. The average molecular weight is 281 g/mol. The van der Waals surface area contributed by atoms with Crippen molar-refractivity contribution in [3.63, 3.8) is 0 Å². The smallest absolute Gasteiger partial charge is 0.326 e. The molecule has 2 atom stereocenters. The van der Waals surface area contributed by atoms with E-state index in [9.17, 15) is 19.8 Å². The van der Waals surface area contributed by atoms with E-state index < -0.39 is 12.0 Å². The molecule has 1 fully saturated rings. The highest BCUT2D eigenvalue weighted by Crippen LogP contribution is 2.22. The van der Waals surface area contributed by atoms with E-state index in [4.69, 9.17) is 0 Å². The SMILES string of the molecule is O=C(O)C(Cc1cccc(O)c1)N1CC(S)CC1=O. The topological polar surface area (TPSA) is 77.8 Å². The number of carboxylic acids is 1. The van der Waals surface area contributed by atoms with Crippen LogP contribution in [0.5, 0.6) is 5.75 Å². The molecule has 2 unspecified atom stereocenters. The zero-order valence-electron chi connectivity index (χ0n) is 10.2. The summed E-state index contributed by atoms with van der Waals surface area (Å²) >= 11 is 4.22. The first kappa shape index (κ1) is 13.7. The lowest BCUT2D eigenvalue weighted by Crippen LogP contribution is -2.43. The van der Waals surface area contributed by atoms with Gasteiger partial charge in [0.05, 0.1) is 0 Å². The Morgan fingerprint density at radius 3 is 2.79 bits per heavy atom. The van der Waals surface area contributed by atoms with Gasteiger partial charge in [0.15, 0.2) is 0 Å². The highest BCUT2D eigenvalue weighted by Gasteiger charge is 2.36. The molecule has 0 saturated carbocycles. The van der Waals surface area contributed by atoms with Crippen molar-refractivity contribution in [1.82, 2.24) is 4.90 Å². The number of aliphatic carboxylic acids is 1. The first-order chi connectivity index (χ1) is 8.97. The molecule has 0 spiro atoms. The fraction of sp³-hybridized carbons (Fsp3) is 0.385. The summed E-state index contributed by atoms with van der Waals surface area (Å²) in [6.07, 6.45) is 0.447. The van der Waals surface area contributed by atoms with Crippen molar-refractivity contribution in [3.8, 4) is 5.75 Å². The molecular formula is C13H15NO4S. The molecule has 2 N–H and O–H groups in total. The number of phenols is 1. The van der Waals surface area contributed by atoms with Gasteiger partial charge in [-0.3, -0.25) is 4.79 Å². The summed E-state index contributed by atoms with van der Waals surface area (Å²) < 4.78 is 0. The van der Waals surface area contributed by atoms with Gasteiger partial charge in [0.1, 0.15) is 11.8 Å². The molecule has 0 bridgehead atoms. The van der Waals surface area contributed by atoms with E-state index >= 15 is 0 Å². The van der Waals surface area contributed by atoms with Crippen LogP contribution in [0.2, 0.25) is 0 Å². The quantitative estimate of drug-likeness (QED) is 0.717. The number of amides is 1. The van der Waals surface area contributed by atoms with Crippen LogP contribution in [-0.2, 0) is 16.0 Å². The van der Waals surface area contributed by atoms with E-state index in [1.54, 1.807) is 12.1 Å². The molecule has 2 rings (SSSR count). The van der Waals surface area contributed by atoms with E-state index in [1.807, 2.05) is 0 Å². The lowest BCUT2D eigenvalue weighted by molar-refractivity contribution is -0.148. The Balaban J connectivity index is 2.17. The van der Waals surface area contributed by atoms with E-state index in [0.29, 0.717) is 12.1 Å². The summed E-state index contributed by atoms with van der Waals surface area (Å²) in [5.74, 6) is -1.15. The summed E-state index contributed by atoms with van der Waals surface area (Å²) in [6.45, 7) is 0.345. The number of aromatic hydroxyl groups is 1. The van der Waals surface area contributed by atoms with Gasteiger partial charge in [-0.25, -0.2) is 4.79 Å². The number of benzene rings is 1. The van der Waals surface area contributed by atoms with Crippen LogP contribution in [0.4, 0.5) is 0 Å². The number of carboxylic acid groups (broad SMARTS) is 1. The monoisotopic (exact) mass is 281 g/mol. The third-order valence-corrected chi connectivity index (χ3v) is 3.48. The molecule has 1 aliphatic rings. The van der Waals surface area contributed by atoms with Gasteiger partial charge >= 0.3 is 5.97 Å². The molecule has 1 saturated heterocycles. The van der Waals surface area contributed by atoms with Crippen LogP contribution >= 0.6 is 12.6 Å². The number of likely N-dealkylation sites (tertiary alicyclic amines) is 1. The summed E-state index contributed by atoms with van der Waals surface area (Å²) in [4.78, 5) is 24.4. The average Bonchev–Trinajstić information content (AvgIpc) is 2.65. The number of nitrogens with zero attached hydrogens (tertiary/aromatic N) is 1. The van der Waals surface area contributed by atoms with E-state index in [-0.39, 0.29) is 29.7 Å². The highest BCUT2D eigenvalue weighted by molar-refractivity contribution is 7.81. The number of hydrogen-bond donors (Lipinski definition) is 3. The molecule has 1 aromatic rings. The fourth-order valence-electron chi connectivity index (χ4n) is 2.25. The predicted octanol–water partition coefficient (Wildman–Crippen LogP) is 0.919. The number of carbonyl (C=O) groups excluding carboxylic acids is 1. The second-order valence-corrected chi connectivity index (χ2v) is 5.36. The number of thiol groups is 1. The maximum atomic E-state index is 11.8. The highest BCUT2D eigenvalue weighted by atomic mass is 32.1. The van der Waals surface area contributed by atoms with Crippen LogP contribution in [0.25, 0.3) is 0 Å². The van der Waals surface area contributed by atoms with Gasteiger partial charge in [-0.05, 0) is 17.7 Å². The molecule has 6 heteroatoms. The Labute approximate surface area is 116 Å². The molecule has 0 aliphatic carbocycles. The first-order valence-electron chi connectivity index (χ1n) is 5.95. The summed E-state index contributed by atoms with van der Waals surface area (Å²) in [7, 11) is 0. The molecule has 5 nitrogen and oxygen atoms in total. The second-order valence-electron chi connectivity index (χ2n) is 4.63. The predicted molar refractivity (Wildman–Crippen MR) is 72.3 cm³/mol.